The third-order valence-corrected chi connectivity index (χ3v) is 11.5. The number of nitrogens with one attached hydrogen (secondary N) is 1. The summed E-state index contributed by atoms with van der Waals surface area (Å²) in [6, 6.07) is 2.51. The first-order valence-electron chi connectivity index (χ1n) is 16.6. The van der Waals surface area contributed by atoms with Crippen LogP contribution in [-0.2, 0) is 28.7 Å². The lowest BCUT2D eigenvalue weighted by Crippen LogP contribution is -2.54. The highest BCUT2D eigenvalue weighted by Gasteiger charge is 2.38. The number of amides is 4. The molecule has 5 heterocycles. The normalized spacial score (nSPS) is 21.3. The number of piperidine rings is 2. The molecule has 262 valence electrons. The maximum Gasteiger partial charge on any atom is 0.418 e. The first-order chi connectivity index (χ1) is 22.9. The minimum Gasteiger partial charge on any atom is -0.397 e. The number of likely N-dealkylation sites (tertiary alicyclic amines) is 2. The Balaban J connectivity index is 1.13. The fraction of sp³-hybridized carbons (Fsp3) is 0.606. The van der Waals surface area contributed by atoms with E-state index in [1.54, 1.807) is 21.1 Å². The van der Waals surface area contributed by atoms with Crippen LogP contribution < -0.4 is 11.1 Å². The number of anilines is 2. The van der Waals surface area contributed by atoms with Gasteiger partial charge in [-0.3, -0.25) is 14.5 Å². The van der Waals surface area contributed by atoms with Gasteiger partial charge in [-0.25, -0.2) is 4.79 Å². The molecular weight excluding hydrogens is 667 g/mol. The Morgan fingerprint density at radius 2 is 1.62 bits per heavy atom. The molecule has 4 amide bonds. The van der Waals surface area contributed by atoms with Crippen molar-refractivity contribution in [1.82, 2.24) is 24.5 Å². The summed E-state index contributed by atoms with van der Waals surface area (Å²) in [6.07, 6.45) is -2.10. The number of nitrogens with two attached hydrogens (primary N) is 1. The van der Waals surface area contributed by atoms with Crippen LogP contribution in [0.15, 0.2) is 22.9 Å². The first-order valence-corrected chi connectivity index (χ1v) is 18.0. The Bertz CT molecular complexity index is 1500. The van der Waals surface area contributed by atoms with Crippen LogP contribution in [0.2, 0.25) is 5.02 Å². The van der Waals surface area contributed by atoms with Crippen molar-refractivity contribution in [3.8, 4) is 0 Å². The van der Waals surface area contributed by atoms with Gasteiger partial charge in [-0.15, -0.1) is 11.3 Å². The number of likely N-dealkylation sites (N-methyl/N-ethyl adjacent to an activating group) is 1. The van der Waals surface area contributed by atoms with Crippen LogP contribution >= 0.6 is 22.9 Å². The van der Waals surface area contributed by atoms with E-state index in [4.69, 9.17) is 17.3 Å². The summed E-state index contributed by atoms with van der Waals surface area (Å²) in [5.74, 6) is -1.31. The van der Waals surface area contributed by atoms with Crippen molar-refractivity contribution >= 4 is 52.2 Å². The number of fused-ring (bicyclic) bond motifs is 1. The summed E-state index contributed by atoms with van der Waals surface area (Å²) in [6.45, 7) is 6.42. The SMILES string of the molecule is CN1CCN(C2CCN(C(=O)[C@H](CC(=O)N3CCC(N4Cc5cscc5NC4=O)CC3)Cc3cc(Cl)c(N)c(C(F)(F)F)c3)CC2)CC1. The lowest BCUT2D eigenvalue weighted by molar-refractivity contribution is -0.143. The van der Waals surface area contributed by atoms with Crippen molar-refractivity contribution in [1.29, 1.82) is 0 Å². The van der Waals surface area contributed by atoms with E-state index in [9.17, 15) is 27.6 Å². The van der Waals surface area contributed by atoms with Crippen molar-refractivity contribution in [2.45, 2.75) is 63.3 Å². The number of thiophene rings is 1. The largest absolute Gasteiger partial charge is 0.418 e. The van der Waals surface area contributed by atoms with Crippen molar-refractivity contribution in [3.63, 3.8) is 0 Å². The van der Waals surface area contributed by atoms with Crippen LogP contribution in [0.5, 0.6) is 0 Å². The number of benzene rings is 1. The van der Waals surface area contributed by atoms with Gasteiger partial charge in [0.2, 0.25) is 11.8 Å². The van der Waals surface area contributed by atoms with Crippen molar-refractivity contribution in [3.05, 3.63) is 44.6 Å². The Labute approximate surface area is 287 Å². The van der Waals surface area contributed by atoms with Gasteiger partial charge in [0.15, 0.2) is 0 Å². The summed E-state index contributed by atoms with van der Waals surface area (Å²) < 4.78 is 41.4. The number of hydrogen-bond acceptors (Lipinski definition) is 7. The standard InChI is InChI=1S/C33H43ClF3N7O3S/c1-40-10-12-41(13-11-40)24-2-8-43(9-3-24)31(46)22(14-21-15-26(33(35,36)37)30(38)27(34)16-21)17-29(45)42-6-4-25(5-7-42)44-18-23-19-48-20-28(23)39-32(44)47/h15-16,19-20,22,24-25H,2-14,17-18,38H2,1H3,(H,39,47)/t22-/m0/s1. The topological polar surface area (TPSA) is 105 Å². The molecule has 1 aromatic heterocycles. The monoisotopic (exact) mass is 709 g/mol. The molecule has 15 heteroatoms. The van der Waals surface area contributed by atoms with Crippen LogP contribution in [-0.4, -0.2) is 114 Å². The van der Waals surface area contributed by atoms with Crippen molar-refractivity contribution in [2.24, 2.45) is 5.92 Å². The van der Waals surface area contributed by atoms with E-state index < -0.39 is 23.3 Å². The number of nitrogens with zero attached hydrogens (tertiary/aromatic N) is 5. The van der Waals surface area contributed by atoms with Gasteiger partial charge in [-0.05, 0) is 62.2 Å². The summed E-state index contributed by atoms with van der Waals surface area (Å²) in [5, 5.41) is 6.65. The highest BCUT2D eigenvalue weighted by atomic mass is 35.5. The number of carbonyl (C=O) groups excluding carboxylic acids is 3. The molecule has 10 nitrogen and oxygen atoms in total. The van der Waals surface area contributed by atoms with Gasteiger partial charge < -0.3 is 30.7 Å². The average Bonchev–Trinajstić information content (AvgIpc) is 3.52. The Morgan fingerprint density at radius 1 is 0.979 bits per heavy atom. The maximum atomic E-state index is 14.1. The summed E-state index contributed by atoms with van der Waals surface area (Å²) in [5.41, 5.74) is 6.20. The zero-order valence-corrected chi connectivity index (χ0v) is 28.7. The molecule has 3 fully saturated rings. The number of carbonyl (C=O) groups is 3. The van der Waals surface area contributed by atoms with E-state index in [-0.39, 0.29) is 47.3 Å². The smallest absolute Gasteiger partial charge is 0.397 e. The molecule has 0 aliphatic carbocycles. The highest BCUT2D eigenvalue weighted by Crippen LogP contribution is 2.39. The minimum atomic E-state index is -4.72. The maximum absolute atomic E-state index is 14.1. The second kappa shape index (κ2) is 14.4. The predicted octanol–water partition coefficient (Wildman–Crippen LogP) is 4.83. The van der Waals surface area contributed by atoms with E-state index in [0.717, 1.165) is 56.3 Å². The second-order valence-corrected chi connectivity index (χ2v) is 14.7. The lowest BCUT2D eigenvalue weighted by atomic mass is 9.91. The average molecular weight is 710 g/mol. The van der Waals surface area contributed by atoms with Crippen LogP contribution in [0.25, 0.3) is 0 Å². The highest BCUT2D eigenvalue weighted by molar-refractivity contribution is 7.08. The summed E-state index contributed by atoms with van der Waals surface area (Å²) in [7, 11) is 2.11. The minimum absolute atomic E-state index is 0.0289. The molecule has 0 spiro atoms. The van der Waals surface area contributed by atoms with Crippen molar-refractivity contribution in [2.75, 3.05) is 70.5 Å². The number of nitrogen functional groups attached to an aromatic ring is 1. The Kier molecular flexibility index (Phi) is 10.4. The number of alkyl halides is 3. The molecule has 0 saturated carbocycles. The fourth-order valence-electron chi connectivity index (χ4n) is 7.51. The number of hydrogen-bond donors (Lipinski definition) is 2. The van der Waals surface area contributed by atoms with Gasteiger partial charge in [0.1, 0.15) is 0 Å². The molecule has 0 radical (unpaired) electrons. The molecule has 4 aliphatic heterocycles. The zero-order chi connectivity index (χ0) is 34.2. The van der Waals surface area contributed by atoms with E-state index in [1.165, 1.54) is 6.07 Å². The van der Waals surface area contributed by atoms with Crippen LogP contribution in [0.3, 0.4) is 0 Å². The molecule has 1 atom stereocenters. The van der Waals surface area contributed by atoms with Crippen LogP contribution in [0.4, 0.5) is 29.3 Å². The third-order valence-electron chi connectivity index (χ3n) is 10.4. The first kappa shape index (κ1) is 34.8. The molecule has 6 rings (SSSR count). The molecule has 3 N–H and O–H groups in total. The Morgan fingerprint density at radius 3 is 2.29 bits per heavy atom. The zero-order valence-electron chi connectivity index (χ0n) is 27.1. The number of halogens is 4. The van der Waals surface area contributed by atoms with Crippen molar-refractivity contribution < 1.29 is 27.6 Å². The molecule has 2 aromatic rings. The summed E-state index contributed by atoms with van der Waals surface area (Å²) >= 11 is 7.68. The molecule has 1 aromatic carbocycles. The van der Waals surface area contributed by atoms with Gasteiger partial charge in [-0.1, -0.05) is 11.6 Å². The van der Waals surface area contributed by atoms with E-state index in [0.29, 0.717) is 51.6 Å². The molecule has 3 saturated heterocycles. The van der Waals surface area contributed by atoms with Gasteiger partial charge in [-0.2, -0.15) is 13.2 Å². The van der Waals surface area contributed by atoms with E-state index >= 15 is 0 Å². The quantitative estimate of drug-likeness (QED) is 0.400. The molecule has 0 bridgehead atoms. The third kappa shape index (κ3) is 7.71. The van der Waals surface area contributed by atoms with Gasteiger partial charge in [0.25, 0.3) is 0 Å². The van der Waals surface area contributed by atoms with Gasteiger partial charge >= 0.3 is 12.2 Å². The second-order valence-electron chi connectivity index (χ2n) is 13.5. The van der Waals surface area contributed by atoms with Crippen LogP contribution in [0.1, 0.15) is 48.8 Å². The number of urea groups is 1. The Hall–Kier alpha value is -3.07. The molecular formula is C33H43ClF3N7O3S. The van der Waals surface area contributed by atoms with E-state index in [1.807, 2.05) is 15.7 Å². The molecule has 48 heavy (non-hydrogen) atoms. The van der Waals surface area contributed by atoms with Crippen LogP contribution in [0, 0.1) is 5.92 Å². The van der Waals surface area contributed by atoms with E-state index in [2.05, 4.69) is 22.2 Å². The number of piperazine rings is 1. The molecule has 4 aliphatic rings. The number of rotatable bonds is 7. The molecule has 0 unspecified atom stereocenters. The van der Waals surface area contributed by atoms with Gasteiger partial charge in [0, 0.05) is 81.8 Å². The summed E-state index contributed by atoms with van der Waals surface area (Å²) in [4.78, 5) is 50.6. The fourth-order valence-corrected chi connectivity index (χ4v) is 8.54. The lowest BCUT2D eigenvalue weighted by Gasteiger charge is -2.42. The van der Waals surface area contributed by atoms with Gasteiger partial charge in [0.05, 0.1) is 34.4 Å². The predicted molar refractivity (Wildman–Crippen MR) is 180 cm³/mol.